The molecule has 0 saturated heterocycles. The van der Waals surface area contributed by atoms with Crippen molar-refractivity contribution in [2.45, 2.75) is 57.8 Å². The summed E-state index contributed by atoms with van der Waals surface area (Å²) in [4.78, 5) is 0. The molecule has 2 aliphatic carbocycles. The monoisotopic (exact) mass is 302 g/mol. The number of rotatable bonds is 2. The zero-order chi connectivity index (χ0) is 7.52. The SMILES string of the molecule is C1CCC(CC2CCCC2)C1.[CH3-].[CH3-].[CH3-].[CH3-].[Zr+4]. The summed E-state index contributed by atoms with van der Waals surface area (Å²) in [7, 11) is 0. The van der Waals surface area contributed by atoms with E-state index in [2.05, 4.69) is 0 Å². The third-order valence-corrected chi connectivity index (χ3v) is 3.62. The molecule has 2 rings (SSSR count). The van der Waals surface area contributed by atoms with Gasteiger partial charge in [0.25, 0.3) is 0 Å². The van der Waals surface area contributed by atoms with Crippen molar-refractivity contribution in [2.75, 3.05) is 0 Å². The van der Waals surface area contributed by atoms with E-state index in [1.54, 1.807) is 32.1 Å². The Hall–Kier alpha value is 0.883. The Morgan fingerprint density at radius 3 is 1.06 bits per heavy atom. The predicted octanol–water partition coefficient (Wildman–Crippen LogP) is 5.56. The zero-order valence-electron chi connectivity index (χ0n) is 12.0. The molecule has 0 unspecified atom stereocenters. The summed E-state index contributed by atoms with van der Waals surface area (Å²) in [6.07, 6.45) is 13.9. The van der Waals surface area contributed by atoms with Crippen molar-refractivity contribution in [1.29, 1.82) is 0 Å². The first-order valence-corrected chi connectivity index (χ1v) is 5.45. The maximum absolute atomic E-state index is 1.58. The van der Waals surface area contributed by atoms with Gasteiger partial charge in [-0.1, -0.05) is 51.4 Å². The van der Waals surface area contributed by atoms with Crippen molar-refractivity contribution in [1.82, 2.24) is 0 Å². The summed E-state index contributed by atoms with van der Waals surface area (Å²) >= 11 is 0. The van der Waals surface area contributed by atoms with E-state index in [4.69, 9.17) is 0 Å². The molecule has 1 heteroatoms. The predicted molar refractivity (Wildman–Crippen MR) is 74.2 cm³/mol. The minimum atomic E-state index is 0. The fraction of sp³-hybridized carbons (Fsp3) is 0.733. The fourth-order valence-corrected chi connectivity index (χ4v) is 2.96. The number of hydrogen-bond acceptors (Lipinski definition) is 0. The van der Waals surface area contributed by atoms with Crippen LogP contribution in [-0.2, 0) is 26.2 Å². The molecule has 0 radical (unpaired) electrons. The molecule has 0 atom stereocenters. The van der Waals surface area contributed by atoms with E-state index in [0.717, 1.165) is 11.8 Å². The van der Waals surface area contributed by atoms with E-state index in [9.17, 15) is 0 Å². The van der Waals surface area contributed by atoms with Crippen LogP contribution in [0.3, 0.4) is 0 Å². The van der Waals surface area contributed by atoms with Crippen LogP contribution in [0.25, 0.3) is 0 Å². The maximum Gasteiger partial charge on any atom is 4.00 e. The number of hydrogen-bond donors (Lipinski definition) is 0. The van der Waals surface area contributed by atoms with Gasteiger partial charge < -0.3 is 29.7 Å². The molecule has 0 N–H and O–H groups in total. The molecule has 16 heavy (non-hydrogen) atoms. The Morgan fingerprint density at radius 2 is 0.812 bits per heavy atom. The van der Waals surface area contributed by atoms with Gasteiger partial charge in [0.05, 0.1) is 0 Å². The van der Waals surface area contributed by atoms with E-state index in [-0.39, 0.29) is 55.9 Å². The van der Waals surface area contributed by atoms with Crippen LogP contribution in [0.15, 0.2) is 0 Å². The molecule has 0 amide bonds. The zero-order valence-corrected chi connectivity index (χ0v) is 14.5. The van der Waals surface area contributed by atoms with Gasteiger partial charge in [0, 0.05) is 0 Å². The van der Waals surface area contributed by atoms with Crippen LogP contribution < -0.4 is 0 Å². The Bertz CT molecular complexity index is 96.6. The normalized spacial score (nSPS) is 19.5. The van der Waals surface area contributed by atoms with E-state index in [1.165, 1.54) is 25.7 Å². The molecule has 0 heterocycles. The summed E-state index contributed by atoms with van der Waals surface area (Å²) < 4.78 is 0. The largest absolute Gasteiger partial charge is 4.00 e. The van der Waals surface area contributed by atoms with Gasteiger partial charge in [-0.15, -0.1) is 0 Å². The van der Waals surface area contributed by atoms with Crippen LogP contribution in [0.1, 0.15) is 57.8 Å². The van der Waals surface area contributed by atoms with Gasteiger partial charge >= 0.3 is 26.2 Å². The summed E-state index contributed by atoms with van der Waals surface area (Å²) in [5.41, 5.74) is 0. The van der Waals surface area contributed by atoms with Crippen LogP contribution in [0.4, 0.5) is 0 Å². The van der Waals surface area contributed by atoms with Crippen molar-refractivity contribution in [3.63, 3.8) is 0 Å². The van der Waals surface area contributed by atoms with Crippen molar-refractivity contribution in [3.8, 4) is 0 Å². The first kappa shape index (κ1) is 25.7. The molecular weight excluding hydrogens is 271 g/mol. The van der Waals surface area contributed by atoms with Crippen LogP contribution in [0.5, 0.6) is 0 Å². The summed E-state index contributed by atoms with van der Waals surface area (Å²) in [5.74, 6) is 2.27. The third kappa shape index (κ3) is 8.04. The minimum absolute atomic E-state index is 0. The van der Waals surface area contributed by atoms with Crippen LogP contribution in [0.2, 0.25) is 0 Å². The minimum Gasteiger partial charge on any atom is -0.358 e. The van der Waals surface area contributed by atoms with Gasteiger partial charge in [-0.3, -0.25) is 0 Å². The summed E-state index contributed by atoms with van der Waals surface area (Å²) in [6.45, 7) is 0. The molecule has 2 aliphatic rings. The molecule has 0 aromatic heterocycles. The van der Waals surface area contributed by atoms with Gasteiger partial charge in [0.15, 0.2) is 0 Å². The van der Waals surface area contributed by atoms with Gasteiger partial charge in [-0.05, 0) is 18.3 Å². The molecule has 0 aromatic carbocycles. The molecule has 2 fully saturated rings. The summed E-state index contributed by atoms with van der Waals surface area (Å²) in [5, 5.41) is 0. The van der Waals surface area contributed by atoms with Gasteiger partial charge in [-0.2, -0.15) is 0 Å². The Kier molecular flexibility index (Phi) is 22.4. The molecule has 0 spiro atoms. The smallest absolute Gasteiger partial charge is 0.358 e. The molecule has 2 saturated carbocycles. The van der Waals surface area contributed by atoms with Crippen LogP contribution in [-0.4, -0.2) is 0 Å². The summed E-state index contributed by atoms with van der Waals surface area (Å²) in [6, 6.07) is 0. The molecular formula is C15H32Zr. The first-order valence-electron chi connectivity index (χ1n) is 5.45. The molecule has 96 valence electrons. The van der Waals surface area contributed by atoms with E-state index >= 15 is 0 Å². The van der Waals surface area contributed by atoms with E-state index in [1.807, 2.05) is 0 Å². The van der Waals surface area contributed by atoms with E-state index < -0.39 is 0 Å². The second kappa shape index (κ2) is 13.9. The van der Waals surface area contributed by atoms with Crippen molar-refractivity contribution in [2.24, 2.45) is 11.8 Å². The van der Waals surface area contributed by atoms with Crippen LogP contribution in [0, 0.1) is 41.5 Å². The van der Waals surface area contributed by atoms with Crippen molar-refractivity contribution < 1.29 is 26.2 Å². The van der Waals surface area contributed by atoms with Gasteiger partial charge in [-0.25, -0.2) is 0 Å². The fourth-order valence-electron chi connectivity index (χ4n) is 2.96. The Balaban J connectivity index is -0.000000144. The van der Waals surface area contributed by atoms with Crippen molar-refractivity contribution in [3.05, 3.63) is 29.7 Å². The molecule has 0 aliphatic heterocycles. The van der Waals surface area contributed by atoms with E-state index in [0.29, 0.717) is 0 Å². The Labute approximate surface area is 125 Å². The topological polar surface area (TPSA) is 0 Å². The Morgan fingerprint density at radius 1 is 0.562 bits per heavy atom. The van der Waals surface area contributed by atoms with Gasteiger partial charge in [0.1, 0.15) is 0 Å². The molecule has 0 aromatic rings. The average molecular weight is 304 g/mol. The van der Waals surface area contributed by atoms with Crippen molar-refractivity contribution >= 4 is 0 Å². The third-order valence-electron chi connectivity index (χ3n) is 3.62. The standard InChI is InChI=1S/C11H20.4CH3.Zr/c1-2-6-10(5-1)9-11-7-3-4-8-11;;;;;/h10-11H,1-9H2;4*1H3;/q;4*-1;+4. The second-order valence-corrected chi connectivity index (χ2v) is 4.54. The first-order chi connectivity index (χ1) is 5.45. The van der Waals surface area contributed by atoms with Crippen LogP contribution >= 0.6 is 0 Å². The molecule has 0 bridgehead atoms. The maximum atomic E-state index is 1.58. The average Bonchev–Trinajstić information content (AvgIpc) is 2.60. The molecule has 0 nitrogen and oxygen atoms in total. The quantitative estimate of drug-likeness (QED) is 0.586. The second-order valence-electron chi connectivity index (χ2n) is 4.54. The van der Waals surface area contributed by atoms with Gasteiger partial charge in [0.2, 0.25) is 0 Å².